The first-order chi connectivity index (χ1) is 9.72. The molecule has 0 aromatic heterocycles. The molecule has 0 aliphatic rings. The minimum atomic E-state index is -4.08. The molecule has 0 unspecified atom stereocenters. The summed E-state index contributed by atoms with van der Waals surface area (Å²) in [6.45, 7) is -0.887. The van der Waals surface area contributed by atoms with Crippen molar-refractivity contribution >= 4 is 21.9 Å². The number of hydrogen-bond donors (Lipinski definition) is 3. The summed E-state index contributed by atoms with van der Waals surface area (Å²) in [6.07, 6.45) is -0.295. The van der Waals surface area contributed by atoms with Crippen LogP contribution in [-0.4, -0.2) is 38.5 Å². The van der Waals surface area contributed by atoms with Gasteiger partial charge in [-0.05, 0) is 18.2 Å². The number of halogens is 2. The minimum absolute atomic E-state index is 0.295. The van der Waals surface area contributed by atoms with Gasteiger partial charge in [0.05, 0.1) is 4.90 Å². The molecule has 0 aliphatic carbocycles. The van der Waals surface area contributed by atoms with Crippen LogP contribution in [0.5, 0.6) is 0 Å². The molecule has 0 heterocycles. The third kappa shape index (κ3) is 5.44. The van der Waals surface area contributed by atoms with Crippen molar-refractivity contribution in [3.63, 3.8) is 0 Å². The van der Waals surface area contributed by atoms with Gasteiger partial charge in [-0.1, -0.05) is 0 Å². The summed E-state index contributed by atoms with van der Waals surface area (Å²) in [4.78, 5) is 20.9. The number of carbonyl (C=O) groups is 2. The lowest BCUT2D eigenvalue weighted by Gasteiger charge is -2.07. The van der Waals surface area contributed by atoms with Crippen LogP contribution in [0.4, 0.5) is 8.78 Å². The number of benzene rings is 1. The van der Waals surface area contributed by atoms with Crippen LogP contribution in [0.2, 0.25) is 0 Å². The Morgan fingerprint density at radius 1 is 1.19 bits per heavy atom. The summed E-state index contributed by atoms with van der Waals surface area (Å²) in [5.41, 5.74) is 0. The number of hydrogen-bond acceptors (Lipinski definition) is 4. The second-order valence-corrected chi connectivity index (χ2v) is 5.66. The highest BCUT2D eigenvalue weighted by atomic mass is 32.2. The number of sulfonamides is 1. The van der Waals surface area contributed by atoms with Crippen LogP contribution in [0.3, 0.4) is 0 Å². The van der Waals surface area contributed by atoms with Gasteiger partial charge in [0.1, 0.15) is 6.54 Å². The second-order valence-electron chi connectivity index (χ2n) is 3.89. The molecule has 0 radical (unpaired) electrons. The quantitative estimate of drug-likeness (QED) is 0.645. The van der Waals surface area contributed by atoms with E-state index in [1.54, 1.807) is 0 Å². The van der Waals surface area contributed by atoms with Crippen molar-refractivity contribution in [2.75, 3.05) is 13.1 Å². The molecule has 0 saturated carbocycles. The molecule has 10 heteroatoms. The highest BCUT2D eigenvalue weighted by molar-refractivity contribution is 7.89. The molecule has 7 nitrogen and oxygen atoms in total. The van der Waals surface area contributed by atoms with E-state index in [0.717, 1.165) is 6.07 Å². The molecular weight excluding hydrogens is 310 g/mol. The minimum Gasteiger partial charge on any atom is -0.480 e. The predicted octanol–water partition coefficient (Wildman–Crippen LogP) is -0.166. The smallest absolute Gasteiger partial charge is 0.322 e. The largest absolute Gasteiger partial charge is 0.480 e. The summed E-state index contributed by atoms with van der Waals surface area (Å²) in [6, 6.07) is 2.07. The number of aliphatic carboxylic acids is 1. The van der Waals surface area contributed by atoms with E-state index in [0.29, 0.717) is 12.1 Å². The molecule has 0 bridgehead atoms. The first-order valence-electron chi connectivity index (χ1n) is 5.65. The maximum Gasteiger partial charge on any atom is 0.322 e. The fourth-order valence-electron chi connectivity index (χ4n) is 1.29. The fourth-order valence-corrected chi connectivity index (χ4v) is 2.33. The first-order valence-corrected chi connectivity index (χ1v) is 7.14. The summed E-state index contributed by atoms with van der Waals surface area (Å²) < 4.78 is 51.1. The van der Waals surface area contributed by atoms with E-state index in [2.05, 4.69) is 0 Å². The van der Waals surface area contributed by atoms with Crippen LogP contribution in [-0.2, 0) is 19.6 Å². The topological polar surface area (TPSA) is 113 Å². The number of carboxylic acid groups (broad SMARTS) is 1. The fraction of sp³-hybridized carbons (Fsp3) is 0.273. The van der Waals surface area contributed by atoms with Gasteiger partial charge in [0, 0.05) is 13.0 Å². The zero-order valence-electron chi connectivity index (χ0n) is 10.6. The van der Waals surface area contributed by atoms with E-state index in [9.17, 15) is 26.8 Å². The normalized spacial score (nSPS) is 11.1. The van der Waals surface area contributed by atoms with Crippen molar-refractivity contribution in [3.8, 4) is 0 Å². The standard InChI is InChI=1S/C11H12F2N2O5S/c12-8-2-1-7(5-9(8)13)21(19,20)15-4-3-10(16)14-6-11(17)18/h1-2,5,15H,3-4,6H2,(H,14,16)(H,17,18). The number of amides is 1. The van der Waals surface area contributed by atoms with Crippen LogP contribution >= 0.6 is 0 Å². The van der Waals surface area contributed by atoms with E-state index in [-0.39, 0.29) is 13.0 Å². The molecular formula is C11H12F2N2O5S. The average molecular weight is 322 g/mol. The number of carboxylic acids is 1. The Hall–Kier alpha value is -2.07. The lowest BCUT2D eigenvalue weighted by molar-refractivity contribution is -0.137. The number of rotatable bonds is 7. The Labute approximate surface area is 119 Å². The number of nitrogens with one attached hydrogen (secondary N) is 2. The van der Waals surface area contributed by atoms with Gasteiger partial charge in [-0.15, -0.1) is 0 Å². The van der Waals surface area contributed by atoms with E-state index in [1.165, 1.54) is 0 Å². The lowest BCUT2D eigenvalue weighted by Crippen LogP contribution is -2.33. The van der Waals surface area contributed by atoms with Gasteiger partial charge in [-0.2, -0.15) is 0 Å². The average Bonchev–Trinajstić information content (AvgIpc) is 2.39. The van der Waals surface area contributed by atoms with Gasteiger partial charge >= 0.3 is 5.97 Å². The van der Waals surface area contributed by atoms with Crippen LogP contribution in [0.15, 0.2) is 23.1 Å². The molecule has 1 amide bonds. The molecule has 0 atom stereocenters. The van der Waals surface area contributed by atoms with Crippen molar-refractivity contribution in [2.45, 2.75) is 11.3 Å². The van der Waals surface area contributed by atoms with Gasteiger partial charge in [0.25, 0.3) is 0 Å². The molecule has 1 aromatic rings. The van der Waals surface area contributed by atoms with E-state index >= 15 is 0 Å². The molecule has 1 aromatic carbocycles. The SMILES string of the molecule is O=C(O)CNC(=O)CCNS(=O)(=O)c1ccc(F)c(F)c1. The monoisotopic (exact) mass is 322 g/mol. The van der Waals surface area contributed by atoms with Gasteiger partial charge in [0.2, 0.25) is 15.9 Å². The molecule has 0 aliphatic heterocycles. The molecule has 116 valence electrons. The van der Waals surface area contributed by atoms with E-state index in [4.69, 9.17) is 5.11 Å². The Bertz CT molecular complexity index is 648. The van der Waals surface area contributed by atoms with Crippen molar-refractivity contribution in [1.29, 1.82) is 0 Å². The molecule has 3 N–H and O–H groups in total. The van der Waals surface area contributed by atoms with Crippen LogP contribution in [0.25, 0.3) is 0 Å². The Balaban J connectivity index is 2.55. The van der Waals surface area contributed by atoms with Crippen molar-refractivity contribution in [1.82, 2.24) is 10.0 Å². The molecule has 21 heavy (non-hydrogen) atoms. The first kappa shape index (κ1) is 17.0. The Morgan fingerprint density at radius 3 is 2.43 bits per heavy atom. The molecule has 0 saturated heterocycles. The Morgan fingerprint density at radius 2 is 1.86 bits per heavy atom. The van der Waals surface area contributed by atoms with Crippen molar-refractivity contribution < 1.29 is 31.9 Å². The molecule has 1 rings (SSSR count). The molecule has 0 fully saturated rings. The van der Waals surface area contributed by atoms with E-state index < -0.39 is 45.0 Å². The van der Waals surface area contributed by atoms with Gasteiger partial charge in [0.15, 0.2) is 11.6 Å². The van der Waals surface area contributed by atoms with Crippen LogP contribution in [0, 0.1) is 11.6 Å². The summed E-state index contributed by atoms with van der Waals surface area (Å²) in [5, 5.41) is 10.4. The zero-order valence-corrected chi connectivity index (χ0v) is 11.4. The van der Waals surface area contributed by atoms with Crippen molar-refractivity contribution in [3.05, 3.63) is 29.8 Å². The number of carbonyl (C=O) groups excluding carboxylic acids is 1. The van der Waals surface area contributed by atoms with Crippen molar-refractivity contribution in [2.24, 2.45) is 0 Å². The van der Waals surface area contributed by atoms with Crippen LogP contribution in [0.1, 0.15) is 6.42 Å². The maximum absolute atomic E-state index is 12.9. The Kier molecular flexibility index (Phi) is 5.73. The highest BCUT2D eigenvalue weighted by Gasteiger charge is 2.16. The molecule has 0 spiro atoms. The third-order valence-electron chi connectivity index (χ3n) is 2.28. The third-order valence-corrected chi connectivity index (χ3v) is 3.74. The van der Waals surface area contributed by atoms with Gasteiger partial charge < -0.3 is 10.4 Å². The zero-order chi connectivity index (χ0) is 16.0. The lowest BCUT2D eigenvalue weighted by atomic mass is 10.3. The van der Waals surface area contributed by atoms with Gasteiger partial charge in [-0.3, -0.25) is 9.59 Å². The summed E-state index contributed by atoms with van der Waals surface area (Å²) in [7, 11) is -4.08. The summed E-state index contributed by atoms with van der Waals surface area (Å²) >= 11 is 0. The van der Waals surface area contributed by atoms with Crippen LogP contribution < -0.4 is 10.0 Å². The van der Waals surface area contributed by atoms with Gasteiger partial charge in [-0.25, -0.2) is 21.9 Å². The predicted molar refractivity (Wildman–Crippen MR) is 66.8 cm³/mol. The second kappa shape index (κ2) is 7.09. The maximum atomic E-state index is 12.9. The van der Waals surface area contributed by atoms with E-state index in [1.807, 2.05) is 10.0 Å². The summed E-state index contributed by atoms with van der Waals surface area (Å²) in [5.74, 6) is -4.38. The highest BCUT2D eigenvalue weighted by Crippen LogP contribution is 2.13.